The molecule has 3 fully saturated rings. The van der Waals surface area contributed by atoms with E-state index in [1.54, 1.807) is 35.7 Å². The predicted octanol–water partition coefficient (Wildman–Crippen LogP) is 4.42. The minimum absolute atomic E-state index is 0.000175. The molecule has 3 saturated heterocycles. The maximum atomic E-state index is 14.7. The van der Waals surface area contributed by atoms with Gasteiger partial charge >= 0.3 is 5.97 Å². The number of amides is 5. The quantitative estimate of drug-likeness (QED) is 0.0724. The van der Waals surface area contributed by atoms with Crippen molar-refractivity contribution in [1.82, 2.24) is 29.8 Å². The molecular formula is C55H84N6O14. The number of aromatic nitrogens is 1. The number of fused-ring (bicyclic) bond motifs is 1. The smallest absolute Gasteiger partial charge is 0.333 e. The van der Waals surface area contributed by atoms with E-state index in [0.29, 0.717) is 56.7 Å². The number of likely N-dealkylation sites (tertiary alicyclic amines) is 1. The van der Waals surface area contributed by atoms with E-state index in [1.165, 1.54) is 21.1 Å². The van der Waals surface area contributed by atoms with Crippen LogP contribution in [0.5, 0.6) is 0 Å². The van der Waals surface area contributed by atoms with Crippen LogP contribution in [-0.2, 0) is 63.9 Å². The molecule has 5 amide bonds. The van der Waals surface area contributed by atoms with E-state index in [1.807, 2.05) is 58.2 Å². The number of nitrogens with one attached hydrogen (secondary N) is 1. The molecule has 20 heteroatoms. The van der Waals surface area contributed by atoms with Crippen LogP contribution in [0.25, 0.3) is 10.9 Å². The molecule has 75 heavy (non-hydrogen) atoms. The first-order valence-electron chi connectivity index (χ1n) is 26.9. The van der Waals surface area contributed by atoms with Crippen LogP contribution in [0.15, 0.2) is 30.5 Å². The molecule has 1 aromatic heterocycles. The molecule has 5 rings (SSSR count). The molecule has 0 aliphatic carbocycles. The van der Waals surface area contributed by atoms with Gasteiger partial charge in [0.15, 0.2) is 5.78 Å². The Balaban J connectivity index is 1.22. The first-order chi connectivity index (χ1) is 35.6. The number of unbranched alkanes of at least 4 members (excludes halogenated alkanes) is 2. The molecular weight excluding hydrogens is 969 g/mol. The second kappa shape index (κ2) is 28.3. The number of ether oxygens (including phenoxy) is 2. The molecule has 4 heterocycles. The van der Waals surface area contributed by atoms with E-state index >= 15 is 0 Å². The van der Waals surface area contributed by atoms with Crippen LogP contribution in [0.2, 0.25) is 0 Å². The number of methoxy groups -OCH3 is 2. The zero-order valence-electron chi connectivity index (χ0n) is 45.9. The lowest BCUT2D eigenvalue weighted by Crippen LogP contribution is -2.54. The third kappa shape index (κ3) is 15.5. The summed E-state index contributed by atoms with van der Waals surface area (Å²) in [6, 6.07) is 5.79. The number of carbonyl (C=O) groups excluding carboxylic acids is 8. The second-order valence-electron chi connectivity index (χ2n) is 21.4. The number of benzene rings is 1. The van der Waals surface area contributed by atoms with Crippen LogP contribution in [0.1, 0.15) is 124 Å². The molecule has 1 aromatic carbocycles. The Morgan fingerprint density at radius 2 is 1.60 bits per heavy atom. The summed E-state index contributed by atoms with van der Waals surface area (Å²) in [5.41, 5.74) is 1.78. The van der Waals surface area contributed by atoms with E-state index in [2.05, 4.69) is 4.98 Å². The normalized spacial score (nSPS) is 20.8. The molecule has 0 bridgehead atoms. The average Bonchev–Trinajstić information content (AvgIpc) is 4.20. The van der Waals surface area contributed by atoms with Gasteiger partial charge in [0.1, 0.15) is 12.4 Å². The number of para-hydroxylation sites is 1. The van der Waals surface area contributed by atoms with Crippen molar-refractivity contribution in [1.29, 1.82) is 0 Å². The zero-order chi connectivity index (χ0) is 55.3. The number of rotatable bonds is 30. The number of imide groups is 1. The molecule has 11 atom stereocenters. The fourth-order valence-electron chi connectivity index (χ4n) is 11.3. The van der Waals surface area contributed by atoms with Gasteiger partial charge in [-0.2, -0.15) is 0 Å². The van der Waals surface area contributed by atoms with Gasteiger partial charge in [0.05, 0.1) is 61.4 Å². The Hall–Kier alpha value is -5.12. The number of carbonyl (C=O) groups is 8. The first-order valence-corrected chi connectivity index (χ1v) is 26.9. The Morgan fingerprint density at radius 1 is 0.907 bits per heavy atom. The largest absolute Gasteiger partial charge is 0.391 e. The van der Waals surface area contributed by atoms with Crippen LogP contribution in [0, 0.1) is 29.6 Å². The maximum absolute atomic E-state index is 14.7. The van der Waals surface area contributed by atoms with Crippen LogP contribution in [0.4, 0.5) is 0 Å². The van der Waals surface area contributed by atoms with Gasteiger partial charge in [-0.25, -0.2) is 9.86 Å². The number of β-amino-alcohol motifs (C(OH)–C–C–N with tert-alkyl or cyclic N) is 1. The molecule has 3 aliphatic heterocycles. The molecule has 2 aromatic rings. The van der Waals surface area contributed by atoms with Gasteiger partial charge in [0.25, 0.3) is 11.8 Å². The number of ketones is 2. The first kappa shape index (κ1) is 60.7. The predicted molar refractivity (Wildman–Crippen MR) is 277 cm³/mol. The second-order valence-corrected chi connectivity index (χ2v) is 21.4. The summed E-state index contributed by atoms with van der Waals surface area (Å²) < 4.78 is 12.2. The lowest BCUT2D eigenvalue weighted by Gasteiger charge is -2.41. The molecule has 20 nitrogen and oxygen atoms in total. The number of hydrogen-bond acceptors (Lipinski definition) is 15. The average molecular weight is 1050 g/mol. The summed E-state index contributed by atoms with van der Waals surface area (Å²) in [6.07, 6.45) is 1.97. The van der Waals surface area contributed by atoms with Crippen molar-refractivity contribution in [3.05, 3.63) is 36.0 Å². The van der Waals surface area contributed by atoms with Crippen molar-refractivity contribution in [2.75, 3.05) is 54.6 Å². The van der Waals surface area contributed by atoms with E-state index in [-0.39, 0.29) is 93.3 Å². The lowest BCUT2D eigenvalue weighted by molar-refractivity contribution is -0.197. The zero-order valence-corrected chi connectivity index (χ0v) is 45.9. The molecule has 3 N–H and O–H groups in total. The summed E-state index contributed by atoms with van der Waals surface area (Å²) in [6.45, 7) is 11.9. The van der Waals surface area contributed by atoms with Crippen molar-refractivity contribution in [2.45, 2.75) is 168 Å². The Labute approximate surface area is 441 Å². The number of nitrogens with zero attached hydrogens (tertiary/aromatic N) is 5. The monoisotopic (exact) mass is 1050 g/mol. The topological polar surface area (TPSA) is 246 Å². The van der Waals surface area contributed by atoms with Crippen LogP contribution in [0.3, 0.4) is 0 Å². The summed E-state index contributed by atoms with van der Waals surface area (Å²) in [5.74, 6) is -5.81. The molecule has 0 saturated carbocycles. The number of aliphatic hydroxyl groups excluding tert-OH is 2. The van der Waals surface area contributed by atoms with Crippen molar-refractivity contribution in [3.8, 4) is 0 Å². The number of hydroxylamine groups is 4. The Kier molecular flexibility index (Phi) is 22.9. The standard InChI is InChI=1S/C55H84N6O14/c1-11-34(4)51(58(8)55(71)41(33(2)3)28-45(65)52(36(6)62)57(7)24-16-12-13-21-50(69)75-61-47(66)22-23-48(61)67)46(72-9)29-49(68)59-25-17-20-43(59)53(73-10)35(5)44(64)27-37(54(70)60-31-39(63)32-74-60)26-38-30-56-42-19-15-14-18-40(38)42/h14-15,18-19,30,33-37,39,41,43,46,51-53,56,62-63H,11-13,16-17,20-29,31-32H2,1-10H3/t34-,35-,36+,37+,39?,41-,43-,46+,51-,52-,53+/m0/s1. The van der Waals surface area contributed by atoms with Crippen molar-refractivity contribution in [3.63, 3.8) is 0 Å². The number of H-pyrrole nitrogens is 1. The highest BCUT2D eigenvalue weighted by Crippen LogP contribution is 2.33. The van der Waals surface area contributed by atoms with E-state index < -0.39 is 84.0 Å². The number of hydrogen-bond donors (Lipinski definition) is 3. The number of likely N-dealkylation sites (N-methyl/N-ethyl adjacent to an activating group) is 2. The van der Waals surface area contributed by atoms with Crippen LogP contribution >= 0.6 is 0 Å². The SMILES string of the molecule is CC[C@H](C)[C@@H]([C@@H](CC(=O)N1CCC[C@H]1[C@H](OC)[C@@H](C)C(=O)C[C@@H](Cc1c[nH]c2ccccc12)C(=O)N1CC(O)CO1)OC)N(C)C(=O)[C@@H](CC(=O)[C@H]([C@@H](C)O)N(C)CCCCCC(=O)ON1C(=O)CCC1=O)C(C)C. The van der Waals surface area contributed by atoms with Gasteiger partial charge in [-0.3, -0.25) is 43.3 Å². The number of aliphatic hydroxyl groups is 2. The van der Waals surface area contributed by atoms with Crippen molar-refractivity contribution >= 4 is 58.0 Å². The van der Waals surface area contributed by atoms with Gasteiger partial charge < -0.3 is 39.3 Å². The Bertz CT molecular complexity index is 2270. The summed E-state index contributed by atoms with van der Waals surface area (Å²) in [4.78, 5) is 126. The number of aromatic amines is 1. The highest BCUT2D eigenvalue weighted by molar-refractivity contribution is 6.01. The highest BCUT2D eigenvalue weighted by Gasteiger charge is 2.44. The van der Waals surface area contributed by atoms with Gasteiger partial charge in [0, 0.05) is 88.9 Å². The fourth-order valence-corrected chi connectivity index (χ4v) is 11.3. The minimum Gasteiger partial charge on any atom is -0.391 e. The lowest BCUT2D eigenvalue weighted by atomic mass is 9.84. The van der Waals surface area contributed by atoms with Gasteiger partial charge in [0.2, 0.25) is 17.7 Å². The fraction of sp³-hybridized carbons (Fsp3) is 0.709. The van der Waals surface area contributed by atoms with Gasteiger partial charge in [-0.05, 0) is 76.1 Å². The third-order valence-corrected chi connectivity index (χ3v) is 15.7. The third-order valence-electron chi connectivity index (χ3n) is 15.7. The molecule has 418 valence electrons. The highest BCUT2D eigenvalue weighted by atomic mass is 16.7. The van der Waals surface area contributed by atoms with Crippen molar-refractivity contribution < 1.29 is 67.7 Å². The molecule has 1 unspecified atom stereocenters. The van der Waals surface area contributed by atoms with Gasteiger partial charge in [-0.15, -0.1) is 5.06 Å². The summed E-state index contributed by atoms with van der Waals surface area (Å²) in [5, 5.41) is 23.7. The van der Waals surface area contributed by atoms with Crippen LogP contribution < -0.4 is 0 Å². The van der Waals surface area contributed by atoms with E-state index in [9.17, 15) is 48.6 Å². The summed E-state index contributed by atoms with van der Waals surface area (Å²) >= 11 is 0. The Morgan fingerprint density at radius 3 is 2.21 bits per heavy atom. The van der Waals surface area contributed by atoms with E-state index in [0.717, 1.165) is 21.5 Å². The molecule has 0 spiro atoms. The van der Waals surface area contributed by atoms with Crippen LogP contribution in [-0.4, -0.2) is 184 Å². The minimum atomic E-state index is -1.05. The van der Waals surface area contributed by atoms with Gasteiger partial charge in [-0.1, -0.05) is 65.7 Å². The maximum Gasteiger partial charge on any atom is 0.333 e. The molecule has 0 radical (unpaired) electrons. The van der Waals surface area contributed by atoms with E-state index in [4.69, 9.17) is 19.1 Å². The molecule has 3 aliphatic rings. The number of Topliss-reactive ketones (excluding diaryl/α,β-unsaturated/α-hetero) is 2. The van der Waals surface area contributed by atoms with Crippen molar-refractivity contribution in [2.24, 2.45) is 29.6 Å². The summed E-state index contributed by atoms with van der Waals surface area (Å²) in [7, 11) is 6.46.